The standard InChI is InChI=1S/C21H22N2O3S/c1-15-3-5-16(6-4-15)11-23-12-19(13-24)22-21(23)27-14-17-7-9-18(10-8-17)20(25)26-2/h3-10,12,24H,11,13-14H2,1-2H3. The zero-order valence-corrected chi connectivity index (χ0v) is 16.2. The van der Waals surface area contributed by atoms with Crippen LogP contribution in [-0.2, 0) is 23.6 Å². The summed E-state index contributed by atoms with van der Waals surface area (Å²) in [5.74, 6) is 0.382. The zero-order chi connectivity index (χ0) is 19.2. The Labute approximate surface area is 163 Å². The lowest BCUT2D eigenvalue weighted by atomic mass is 10.1. The van der Waals surface area contributed by atoms with E-state index in [1.807, 2.05) is 18.3 Å². The van der Waals surface area contributed by atoms with E-state index in [9.17, 15) is 9.90 Å². The predicted molar refractivity (Wildman–Crippen MR) is 106 cm³/mol. The van der Waals surface area contributed by atoms with E-state index in [1.165, 1.54) is 18.2 Å². The van der Waals surface area contributed by atoms with Crippen LogP contribution in [0.15, 0.2) is 59.9 Å². The van der Waals surface area contributed by atoms with E-state index in [2.05, 4.69) is 40.7 Å². The first-order chi connectivity index (χ1) is 13.1. The quantitative estimate of drug-likeness (QED) is 0.497. The molecule has 0 aliphatic rings. The highest BCUT2D eigenvalue weighted by Crippen LogP contribution is 2.24. The Balaban J connectivity index is 1.71. The number of imidazole rings is 1. The number of benzene rings is 2. The minimum absolute atomic E-state index is 0.0811. The van der Waals surface area contributed by atoms with Gasteiger partial charge in [0.05, 0.1) is 25.0 Å². The molecule has 0 amide bonds. The number of rotatable bonds is 7. The first-order valence-corrected chi connectivity index (χ1v) is 9.60. The normalized spacial score (nSPS) is 10.8. The van der Waals surface area contributed by atoms with Crippen molar-refractivity contribution in [3.8, 4) is 0 Å². The van der Waals surface area contributed by atoms with Crippen molar-refractivity contribution in [3.63, 3.8) is 0 Å². The average Bonchev–Trinajstić information content (AvgIpc) is 3.09. The molecule has 0 saturated heterocycles. The van der Waals surface area contributed by atoms with Crippen molar-refractivity contribution >= 4 is 17.7 Å². The fourth-order valence-corrected chi connectivity index (χ4v) is 3.60. The molecule has 3 aromatic rings. The van der Waals surface area contributed by atoms with Crippen LogP contribution in [-0.4, -0.2) is 27.7 Å². The van der Waals surface area contributed by atoms with E-state index in [4.69, 9.17) is 4.74 Å². The molecule has 0 saturated carbocycles. The van der Waals surface area contributed by atoms with Gasteiger partial charge >= 0.3 is 5.97 Å². The Bertz CT molecular complexity index is 902. The Hall–Kier alpha value is -2.57. The molecule has 1 N–H and O–H groups in total. The number of aliphatic hydroxyl groups is 1. The van der Waals surface area contributed by atoms with Crippen molar-refractivity contribution in [1.82, 2.24) is 9.55 Å². The third-order valence-electron chi connectivity index (χ3n) is 4.17. The van der Waals surface area contributed by atoms with Crippen LogP contribution in [0.25, 0.3) is 0 Å². The molecule has 140 valence electrons. The molecule has 0 aliphatic heterocycles. The molecule has 6 heteroatoms. The monoisotopic (exact) mass is 382 g/mol. The molecular formula is C21H22N2O3S. The highest BCUT2D eigenvalue weighted by atomic mass is 32.2. The average molecular weight is 382 g/mol. The number of carbonyl (C=O) groups excluding carboxylic acids is 1. The Kier molecular flexibility index (Phi) is 6.32. The van der Waals surface area contributed by atoms with Crippen molar-refractivity contribution < 1.29 is 14.6 Å². The van der Waals surface area contributed by atoms with Crippen LogP contribution in [0.5, 0.6) is 0 Å². The zero-order valence-electron chi connectivity index (χ0n) is 15.4. The second kappa shape index (κ2) is 8.88. The molecular weight excluding hydrogens is 360 g/mol. The lowest BCUT2D eigenvalue weighted by Gasteiger charge is -2.08. The topological polar surface area (TPSA) is 64.3 Å². The first-order valence-electron chi connectivity index (χ1n) is 8.61. The smallest absolute Gasteiger partial charge is 0.337 e. The molecule has 0 atom stereocenters. The number of carbonyl (C=O) groups is 1. The van der Waals surface area contributed by atoms with Gasteiger partial charge in [0.2, 0.25) is 0 Å². The van der Waals surface area contributed by atoms with Crippen molar-refractivity contribution in [1.29, 1.82) is 0 Å². The molecule has 0 unspecified atom stereocenters. The molecule has 0 aliphatic carbocycles. The summed E-state index contributed by atoms with van der Waals surface area (Å²) >= 11 is 1.60. The van der Waals surface area contributed by atoms with Crippen molar-refractivity contribution in [2.45, 2.75) is 31.0 Å². The Morgan fingerprint density at radius 2 is 1.78 bits per heavy atom. The summed E-state index contributed by atoms with van der Waals surface area (Å²) in [5, 5.41) is 10.3. The maximum absolute atomic E-state index is 11.5. The maximum atomic E-state index is 11.5. The minimum atomic E-state index is -0.338. The summed E-state index contributed by atoms with van der Waals surface area (Å²) in [5.41, 5.74) is 4.70. The lowest BCUT2D eigenvalue weighted by Crippen LogP contribution is -2.01. The number of hydrogen-bond donors (Lipinski definition) is 1. The molecule has 0 radical (unpaired) electrons. The van der Waals surface area contributed by atoms with Crippen molar-refractivity contribution in [2.75, 3.05) is 7.11 Å². The molecule has 2 aromatic carbocycles. The SMILES string of the molecule is COC(=O)c1ccc(CSc2nc(CO)cn2Cc2ccc(C)cc2)cc1. The van der Waals surface area contributed by atoms with Gasteiger partial charge in [-0.15, -0.1) is 0 Å². The van der Waals surface area contributed by atoms with Crippen LogP contribution in [0, 0.1) is 6.92 Å². The fraction of sp³-hybridized carbons (Fsp3) is 0.238. The third-order valence-corrected chi connectivity index (χ3v) is 5.23. The molecule has 3 rings (SSSR count). The second-order valence-corrected chi connectivity index (χ2v) is 7.21. The van der Waals surface area contributed by atoms with E-state index in [1.54, 1.807) is 23.9 Å². The van der Waals surface area contributed by atoms with Gasteiger partial charge in [0.1, 0.15) is 0 Å². The number of esters is 1. The van der Waals surface area contributed by atoms with Crippen LogP contribution >= 0.6 is 11.8 Å². The maximum Gasteiger partial charge on any atom is 0.337 e. The van der Waals surface area contributed by atoms with E-state index in [0.717, 1.165) is 16.5 Å². The number of aryl methyl sites for hydroxylation is 1. The van der Waals surface area contributed by atoms with Crippen LogP contribution in [0.4, 0.5) is 0 Å². The van der Waals surface area contributed by atoms with Gasteiger partial charge in [-0.1, -0.05) is 53.7 Å². The summed E-state index contributed by atoms with van der Waals surface area (Å²) in [6, 6.07) is 15.8. The molecule has 0 bridgehead atoms. The predicted octanol–water partition coefficient (Wildman–Crippen LogP) is 3.81. The van der Waals surface area contributed by atoms with Crippen LogP contribution in [0.1, 0.15) is 32.7 Å². The van der Waals surface area contributed by atoms with E-state index < -0.39 is 0 Å². The number of aromatic nitrogens is 2. The summed E-state index contributed by atoms with van der Waals surface area (Å²) < 4.78 is 6.78. The fourth-order valence-electron chi connectivity index (χ4n) is 2.65. The van der Waals surface area contributed by atoms with Gasteiger partial charge in [-0.3, -0.25) is 0 Å². The number of hydrogen-bond acceptors (Lipinski definition) is 5. The van der Waals surface area contributed by atoms with Gasteiger partial charge in [-0.05, 0) is 30.2 Å². The summed E-state index contributed by atoms with van der Waals surface area (Å²) in [6.07, 6.45) is 1.89. The van der Waals surface area contributed by atoms with Crippen LogP contribution in [0.2, 0.25) is 0 Å². The molecule has 1 aromatic heterocycles. The van der Waals surface area contributed by atoms with Gasteiger partial charge in [0, 0.05) is 18.5 Å². The summed E-state index contributed by atoms with van der Waals surface area (Å²) in [6.45, 7) is 2.69. The molecule has 5 nitrogen and oxygen atoms in total. The first kappa shape index (κ1) is 19.2. The summed E-state index contributed by atoms with van der Waals surface area (Å²) in [7, 11) is 1.37. The highest BCUT2D eigenvalue weighted by molar-refractivity contribution is 7.98. The highest BCUT2D eigenvalue weighted by Gasteiger charge is 2.10. The minimum Gasteiger partial charge on any atom is -0.465 e. The van der Waals surface area contributed by atoms with Gasteiger partial charge in [-0.2, -0.15) is 0 Å². The number of thioether (sulfide) groups is 1. The summed E-state index contributed by atoms with van der Waals surface area (Å²) in [4.78, 5) is 16.0. The third kappa shape index (κ3) is 4.99. The largest absolute Gasteiger partial charge is 0.465 e. The molecule has 27 heavy (non-hydrogen) atoms. The van der Waals surface area contributed by atoms with E-state index >= 15 is 0 Å². The molecule has 0 fully saturated rings. The van der Waals surface area contributed by atoms with Crippen molar-refractivity contribution in [2.24, 2.45) is 0 Å². The number of ether oxygens (including phenoxy) is 1. The van der Waals surface area contributed by atoms with Crippen LogP contribution in [0.3, 0.4) is 0 Å². The van der Waals surface area contributed by atoms with E-state index in [-0.39, 0.29) is 12.6 Å². The number of nitrogens with zero attached hydrogens (tertiary/aromatic N) is 2. The number of aliphatic hydroxyl groups excluding tert-OH is 1. The van der Waals surface area contributed by atoms with Crippen molar-refractivity contribution in [3.05, 3.63) is 82.7 Å². The Morgan fingerprint density at radius 1 is 1.11 bits per heavy atom. The van der Waals surface area contributed by atoms with Crippen LogP contribution < -0.4 is 0 Å². The lowest BCUT2D eigenvalue weighted by molar-refractivity contribution is 0.0600. The number of methoxy groups -OCH3 is 1. The van der Waals surface area contributed by atoms with E-state index in [0.29, 0.717) is 17.8 Å². The Morgan fingerprint density at radius 3 is 2.41 bits per heavy atom. The molecule has 0 spiro atoms. The van der Waals surface area contributed by atoms with Gasteiger partial charge in [-0.25, -0.2) is 9.78 Å². The molecule has 1 heterocycles. The second-order valence-electron chi connectivity index (χ2n) is 6.26. The van der Waals surface area contributed by atoms with Gasteiger partial charge in [0.25, 0.3) is 0 Å². The van der Waals surface area contributed by atoms with Gasteiger partial charge < -0.3 is 14.4 Å². The van der Waals surface area contributed by atoms with Gasteiger partial charge in [0.15, 0.2) is 5.16 Å².